The molecule has 122 valence electrons. The van der Waals surface area contributed by atoms with Gasteiger partial charge in [-0.15, -0.1) is 0 Å². The summed E-state index contributed by atoms with van der Waals surface area (Å²) in [4.78, 5) is 13.4. The van der Waals surface area contributed by atoms with Gasteiger partial charge in [0, 0.05) is 17.5 Å². The second kappa shape index (κ2) is 7.15. The average Bonchev–Trinajstić information content (AvgIpc) is 2.52. The number of nitrogens with one attached hydrogen (secondary N) is 1. The fourth-order valence-corrected chi connectivity index (χ4v) is 2.39. The summed E-state index contributed by atoms with van der Waals surface area (Å²) in [6.45, 7) is 0.369. The van der Waals surface area contributed by atoms with Gasteiger partial charge in [0.15, 0.2) is 5.78 Å². The minimum Gasteiger partial charge on any atom is -0.872 e. The number of quaternary nitrogens is 1. The van der Waals surface area contributed by atoms with Crippen molar-refractivity contribution in [2.45, 2.75) is 13.0 Å². The van der Waals surface area contributed by atoms with Gasteiger partial charge in [0.25, 0.3) is 0 Å². The molecule has 2 N–H and O–H groups in total. The van der Waals surface area contributed by atoms with Gasteiger partial charge in [-0.05, 0) is 29.8 Å². The van der Waals surface area contributed by atoms with E-state index in [9.17, 15) is 15.0 Å². The third-order valence-corrected chi connectivity index (χ3v) is 3.59. The number of aromatic hydroxyl groups is 1. The van der Waals surface area contributed by atoms with Gasteiger partial charge in [0.2, 0.25) is 0 Å². The number of benzene rings is 2. The van der Waals surface area contributed by atoms with Crippen molar-refractivity contribution in [2.75, 3.05) is 21.2 Å². The predicted molar refractivity (Wildman–Crippen MR) is 85.1 cm³/mol. The first kappa shape index (κ1) is 16.8. The minimum atomic E-state index is -0.385. The Labute approximate surface area is 135 Å². The number of methoxy groups -OCH3 is 1. The van der Waals surface area contributed by atoms with E-state index in [0.717, 1.165) is 10.5 Å². The van der Waals surface area contributed by atoms with Gasteiger partial charge in [-0.3, -0.25) is 4.79 Å². The molecule has 0 aliphatic heterocycles. The molecule has 0 atom stereocenters. The van der Waals surface area contributed by atoms with Crippen molar-refractivity contribution in [3.63, 3.8) is 0 Å². The molecule has 2 aromatic carbocycles. The Bertz CT molecular complexity index is 693. The fourth-order valence-electron chi connectivity index (χ4n) is 2.39. The standard InChI is InChI=1S/C18H21NO4/c1-19(2)11-15-16(20)9-8-14(18(15)22)17(21)10-12-4-6-13(23-3)7-5-12/h4-9,20,22H,10-11H2,1-3H3. The van der Waals surface area contributed by atoms with Crippen LogP contribution in [0.15, 0.2) is 36.4 Å². The van der Waals surface area contributed by atoms with Crippen molar-refractivity contribution in [3.8, 4) is 17.2 Å². The second-order valence-electron chi connectivity index (χ2n) is 5.77. The van der Waals surface area contributed by atoms with Crippen molar-refractivity contribution >= 4 is 5.78 Å². The fraction of sp³-hybridized carbons (Fsp3) is 0.278. The van der Waals surface area contributed by atoms with E-state index in [0.29, 0.717) is 12.3 Å². The maximum absolute atomic E-state index is 12.4. The third kappa shape index (κ3) is 4.02. The Kier molecular flexibility index (Phi) is 5.24. The molecule has 0 aliphatic carbocycles. The molecular formula is C18H21NO4. The Morgan fingerprint density at radius 2 is 1.83 bits per heavy atom. The Morgan fingerprint density at radius 1 is 1.17 bits per heavy atom. The average molecular weight is 315 g/mol. The summed E-state index contributed by atoms with van der Waals surface area (Å²) in [7, 11) is 5.34. The normalized spacial score (nSPS) is 10.8. The smallest absolute Gasteiger partial charge is 0.166 e. The number of rotatable bonds is 6. The number of ketones is 1. The van der Waals surface area contributed by atoms with E-state index in [2.05, 4.69) is 0 Å². The highest BCUT2D eigenvalue weighted by Crippen LogP contribution is 2.28. The summed E-state index contributed by atoms with van der Waals surface area (Å²) in [5.41, 5.74) is 1.21. The van der Waals surface area contributed by atoms with E-state index in [-0.39, 0.29) is 34.8 Å². The third-order valence-electron chi connectivity index (χ3n) is 3.59. The van der Waals surface area contributed by atoms with Crippen molar-refractivity contribution in [2.24, 2.45) is 0 Å². The predicted octanol–water partition coefficient (Wildman–Crippen LogP) is 0.544. The molecule has 0 saturated heterocycles. The molecule has 5 nitrogen and oxygen atoms in total. The first-order valence-corrected chi connectivity index (χ1v) is 7.39. The molecule has 23 heavy (non-hydrogen) atoms. The molecule has 0 saturated carbocycles. The largest absolute Gasteiger partial charge is 0.872 e. The van der Waals surface area contributed by atoms with Gasteiger partial charge >= 0.3 is 0 Å². The molecule has 0 heterocycles. The Hall–Kier alpha value is -2.53. The first-order valence-electron chi connectivity index (χ1n) is 7.39. The lowest BCUT2D eigenvalue weighted by Crippen LogP contribution is -3.04. The summed E-state index contributed by atoms with van der Waals surface area (Å²) in [5, 5.41) is 22.3. The Balaban J connectivity index is 2.24. The van der Waals surface area contributed by atoms with Crippen molar-refractivity contribution in [1.82, 2.24) is 0 Å². The molecule has 0 radical (unpaired) electrons. The van der Waals surface area contributed by atoms with Crippen LogP contribution in [-0.4, -0.2) is 32.1 Å². The molecule has 0 unspecified atom stereocenters. The monoisotopic (exact) mass is 315 g/mol. The zero-order valence-corrected chi connectivity index (χ0v) is 13.6. The lowest BCUT2D eigenvalue weighted by atomic mass is 9.99. The maximum atomic E-state index is 12.4. The summed E-state index contributed by atoms with van der Waals surface area (Å²) in [6, 6.07) is 9.97. The highest BCUT2D eigenvalue weighted by Gasteiger charge is 2.14. The van der Waals surface area contributed by atoms with Crippen molar-refractivity contribution < 1.29 is 24.6 Å². The number of hydrogen-bond acceptors (Lipinski definition) is 4. The molecule has 0 bridgehead atoms. The van der Waals surface area contributed by atoms with Gasteiger partial charge in [0.05, 0.1) is 21.2 Å². The van der Waals surface area contributed by atoms with E-state index >= 15 is 0 Å². The van der Waals surface area contributed by atoms with Gasteiger partial charge in [0.1, 0.15) is 18.0 Å². The highest BCUT2D eigenvalue weighted by atomic mass is 16.5. The van der Waals surface area contributed by atoms with Crippen LogP contribution in [0.3, 0.4) is 0 Å². The number of phenolic OH excluding ortho intramolecular Hbond substituents is 1. The van der Waals surface area contributed by atoms with Gasteiger partial charge in [-0.1, -0.05) is 17.9 Å². The second-order valence-corrected chi connectivity index (χ2v) is 5.77. The van der Waals surface area contributed by atoms with Gasteiger partial charge in [-0.25, -0.2) is 0 Å². The number of Topliss-reactive ketones (excluding diaryl/α,β-unsaturated/α-hetero) is 1. The lowest BCUT2D eigenvalue weighted by Gasteiger charge is -2.20. The van der Waals surface area contributed by atoms with Crippen LogP contribution < -0.4 is 14.7 Å². The number of hydrogen-bond donors (Lipinski definition) is 2. The molecule has 0 amide bonds. The maximum Gasteiger partial charge on any atom is 0.166 e. The van der Waals surface area contributed by atoms with E-state index in [1.807, 2.05) is 14.1 Å². The summed E-state index contributed by atoms with van der Waals surface area (Å²) >= 11 is 0. The van der Waals surface area contributed by atoms with Crippen molar-refractivity contribution in [1.29, 1.82) is 0 Å². The van der Waals surface area contributed by atoms with E-state index in [1.54, 1.807) is 31.4 Å². The summed E-state index contributed by atoms with van der Waals surface area (Å²) < 4.78 is 5.08. The van der Waals surface area contributed by atoms with Crippen molar-refractivity contribution in [3.05, 3.63) is 53.1 Å². The SMILES string of the molecule is COc1ccc(CC(=O)c2ccc(O)c(C[NH+](C)C)c2[O-])cc1. The zero-order chi connectivity index (χ0) is 17.0. The van der Waals surface area contributed by atoms with Crippen LogP contribution in [0.2, 0.25) is 0 Å². The minimum absolute atomic E-state index is 0.0582. The van der Waals surface area contributed by atoms with Crippen LogP contribution in [0, 0.1) is 0 Å². The topological polar surface area (TPSA) is 74.0 Å². The number of carbonyl (C=O) groups is 1. The number of ether oxygens (including phenoxy) is 1. The molecule has 0 aliphatic rings. The van der Waals surface area contributed by atoms with Gasteiger partial charge < -0.3 is 19.8 Å². The highest BCUT2D eigenvalue weighted by molar-refractivity contribution is 6.00. The molecule has 2 aromatic rings. The van der Waals surface area contributed by atoms with Crippen LogP contribution in [-0.2, 0) is 13.0 Å². The Morgan fingerprint density at radius 3 is 2.39 bits per heavy atom. The molecule has 2 rings (SSSR count). The molecule has 5 heteroatoms. The summed E-state index contributed by atoms with van der Waals surface area (Å²) in [5.74, 6) is 0.0173. The van der Waals surface area contributed by atoms with Crippen LogP contribution in [0.1, 0.15) is 21.5 Å². The van der Waals surface area contributed by atoms with Crippen LogP contribution >= 0.6 is 0 Å². The first-order chi connectivity index (χ1) is 10.9. The lowest BCUT2D eigenvalue weighted by molar-refractivity contribution is -0.872. The quantitative estimate of drug-likeness (QED) is 0.763. The zero-order valence-electron chi connectivity index (χ0n) is 13.6. The molecule has 0 fully saturated rings. The number of phenols is 1. The molecule has 0 aromatic heterocycles. The summed E-state index contributed by atoms with van der Waals surface area (Å²) in [6.07, 6.45) is 0.137. The van der Waals surface area contributed by atoms with E-state index in [4.69, 9.17) is 4.74 Å². The van der Waals surface area contributed by atoms with Crippen LogP contribution in [0.4, 0.5) is 0 Å². The van der Waals surface area contributed by atoms with E-state index < -0.39 is 0 Å². The van der Waals surface area contributed by atoms with Gasteiger partial charge in [-0.2, -0.15) is 0 Å². The van der Waals surface area contributed by atoms with Crippen LogP contribution in [0.5, 0.6) is 17.2 Å². The van der Waals surface area contributed by atoms with Crippen LogP contribution in [0.25, 0.3) is 0 Å². The number of carbonyl (C=O) groups excluding carboxylic acids is 1. The van der Waals surface area contributed by atoms with E-state index in [1.165, 1.54) is 12.1 Å². The molecular weight excluding hydrogens is 294 g/mol. The molecule has 0 spiro atoms.